The van der Waals surface area contributed by atoms with E-state index in [1.807, 2.05) is 6.07 Å². The molecule has 250 valence electrons. The smallest absolute Gasteiger partial charge is 0.325 e. The first kappa shape index (κ1) is 33.9. The number of hydrogen-bond acceptors (Lipinski definition) is 9. The minimum atomic E-state index is -3.96. The van der Waals surface area contributed by atoms with Gasteiger partial charge in [-0.3, -0.25) is 9.46 Å². The van der Waals surface area contributed by atoms with E-state index in [9.17, 15) is 14.4 Å². The van der Waals surface area contributed by atoms with Gasteiger partial charge in [-0.05, 0) is 102 Å². The van der Waals surface area contributed by atoms with Gasteiger partial charge in [0.1, 0.15) is 11.6 Å². The molecule has 1 aromatic rings. The lowest BCUT2D eigenvalue weighted by atomic mass is 9.82. The van der Waals surface area contributed by atoms with Crippen LogP contribution < -0.4 is 26.6 Å². The van der Waals surface area contributed by atoms with Gasteiger partial charge in [0.2, 0.25) is 5.95 Å². The monoisotopic (exact) mass is 634 g/mol. The summed E-state index contributed by atoms with van der Waals surface area (Å²) in [6, 6.07) is 2.65. The Bertz CT molecular complexity index is 1050. The maximum Gasteiger partial charge on any atom is 0.325 e. The van der Waals surface area contributed by atoms with Gasteiger partial charge in [0, 0.05) is 43.8 Å². The Labute approximate surface area is 265 Å². The van der Waals surface area contributed by atoms with Gasteiger partial charge in [-0.1, -0.05) is 32.1 Å². The molecule has 5 rings (SSSR count). The van der Waals surface area contributed by atoms with Crippen molar-refractivity contribution in [1.29, 1.82) is 0 Å². The van der Waals surface area contributed by atoms with Gasteiger partial charge < -0.3 is 36.4 Å². The molecule has 1 aliphatic heterocycles. The van der Waals surface area contributed by atoms with Gasteiger partial charge in [-0.25, -0.2) is 0 Å². The van der Waals surface area contributed by atoms with Crippen LogP contribution in [0.4, 0.5) is 17.6 Å². The molecule has 44 heavy (non-hydrogen) atoms. The largest absolute Gasteiger partial charge is 0.383 e. The van der Waals surface area contributed by atoms with Crippen molar-refractivity contribution >= 4 is 25.2 Å². The average Bonchev–Trinajstić information content (AvgIpc) is 3.47. The third kappa shape index (κ3) is 10.3. The van der Waals surface area contributed by atoms with Crippen LogP contribution in [-0.2, 0) is 4.57 Å². The van der Waals surface area contributed by atoms with E-state index in [1.54, 1.807) is 0 Å². The van der Waals surface area contributed by atoms with Gasteiger partial charge >= 0.3 is 7.60 Å². The van der Waals surface area contributed by atoms with E-state index in [1.165, 1.54) is 77.0 Å². The molecule has 11 nitrogen and oxygen atoms in total. The van der Waals surface area contributed by atoms with E-state index in [4.69, 9.17) is 10.7 Å². The lowest BCUT2D eigenvalue weighted by Crippen LogP contribution is -2.61. The van der Waals surface area contributed by atoms with E-state index in [2.05, 4.69) is 30.7 Å². The molecule has 0 aromatic carbocycles. The summed E-state index contributed by atoms with van der Waals surface area (Å²) in [6.45, 7) is 7.57. The van der Waals surface area contributed by atoms with Crippen molar-refractivity contribution < 1.29 is 14.4 Å². The number of rotatable bonds is 15. The molecule has 0 unspecified atom stereocenters. The van der Waals surface area contributed by atoms with Crippen molar-refractivity contribution in [3.8, 4) is 0 Å². The Balaban J connectivity index is 1.02. The molecule has 3 saturated carbocycles. The number of aromatic nitrogens is 2. The fourth-order valence-electron chi connectivity index (χ4n) is 8.23. The summed E-state index contributed by atoms with van der Waals surface area (Å²) < 4.78 is 11.4. The third-order valence-corrected chi connectivity index (χ3v) is 11.7. The Hall–Kier alpha value is -1.49. The SMILES string of the molecule is Nc1cc(N2CCN(CCCP(=O)(O)O)C3(CCCC3)C2)nc(NC[C@H]2CC[C@H](CNCCCNC3CCCCC3)CC2)n1. The second kappa shape index (κ2) is 16.4. The number of nitrogens with zero attached hydrogens (tertiary/aromatic N) is 4. The molecule has 2 heterocycles. The molecule has 7 N–H and O–H groups in total. The summed E-state index contributed by atoms with van der Waals surface area (Å²) in [7, 11) is -3.96. The van der Waals surface area contributed by atoms with Crippen LogP contribution in [0.25, 0.3) is 0 Å². The first-order valence-corrected chi connectivity index (χ1v) is 19.4. The van der Waals surface area contributed by atoms with Crippen molar-refractivity contribution in [2.45, 2.75) is 108 Å². The summed E-state index contributed by atoms with van der Waals surface area (Å²) >= 11 is 0. The normalized spacial score (nSPS) is 25.1. The van der Waals surface area contributed by atoms with Crippen LogP contribution in [0.5, 0.6) is 0 Å². The van der Waals surface area contributed by atoms with Crippen LogP contribution in [0.15, 0.2) is 6.07 Å². The molecule has 0 radical (unpaired) electrons. The molecule has 3 aliphatic carbocycles. The second-order valence-corrected chi connectivity index (χ2v) is 15.9. The van der Waals surface area contributed by atoms with Crippen molar-refractivity contribution in [1.82, 2.24) is 25.5 Å². The van der Waals surface area contributed by atoms with Crippen LogP contribution in [0.2, 0.25) is 0 Å². The molecule has 1 spiro atoms. The van der Waals surface area contributed by atoms with Crippen LogP contribution in [-0.4, -0.2) is 94.8 Å². The molecule has 1 aromatic heterocycles. The maximum atomic E-state index is 11.4. The summed E-state index contributed by atoms with van der Waals surface area (Å²) in [4.78, 5) is 32.9. The molecule has 1 saturated heterocycles. The number of nitrogens with one attached hydrogen (secondary N) is 3. The van der Waals surface area contributed by atoms with Crippen LogP contribution in [0.1, 0.15) is 96.3 Å². The Morgan fingerprint density at radius 3 is 2.36 bits per heavy atom. The van der Waals surface area contributed by atoms with Crippen LogP contribution >= 0.6 is 7.60 Å². The lowest BCUT2D eigenvalue weighted by molar-refractivity contribution is 0.0775. The van der Waals surface area contributed by atoms with Crippen LogP contribution in [0.3, 0.4) is 0 Å². The minimum Gasteiger partial charge on any atom is -0.383 e. The highest BCUT2D eigenvalue weighted by atomic mass is 31.2. The second-order valence-electron chi connectivity index (χ2n) is 14.2. The number of nitrogens with two attached hydrogens (primary N) is 1. The topological polar surface area (TPSA) is 152 Å². The summed E-state index contributed by atoms with van der Waals surface area (Å²) in [5.41, 5.74) is 6.31. The lowest BCUT2D eigenvalue weighted by Gasteiger charge is -2.50. The van der Waals surface area contributed by atoms with Gasteiger partial charge in [0.05, 0.1) is 6.16 Å². The van der Waals surface area contributed by atoms with Crippen molar-refractivity contribution in [2.24, 2.45) is 11.8 Å². The standard InChI is InChI=1S/C32H59N8O3P/c33-29-22-30(39-19-20-40(18-7-21-44(41,42)43)32(25-39)14-4-5-15-32)38-31(37-29)36-24-27-12-10-26(11-13-27)23-34-16-6-17-35-28-8-2-1-3-9-28/h22,26-28,34-35H,1-21,23-25H2,(H2,41,42,43)(H3,33,36,37,38)/t26-,27-. The number of piperazine rings is 1. The quantitative estimate of drug-likeness (QED) is 0.122. The highest BCUT2D eigenvalue weighted by Gasteiger charge is 2.44. The summed E-state index contributed by atoms with van der Waals surface area (Å²) in [5, 5.41) is 11.0. The molecule has 12 heteroatoms. The van der Waals surface area contributed by atoms with E-state index < -0.39 is 7.60 Å². The number of hydrogen-bond donors (Lipinski definition) is 6. The Morgan fingerprint density at radius 1 is 0.909 bits per heavy atom. The van der Waals surface area contributed by atoms with Gasteiger partial charge in [0.15, 0.2) is 0 Å². The van der Waals surface area contributed by atoms with Gasteiger partial charge in [-0.15, -0.1) is 0 Å². The molecule has 4 fully saturated rings. The van der Waals surface area contributed by atoms with E-state index in [0.717, 1.165) is 83.0 Å². The predicted molar refractivity (Wildman–Crippen MR) is 179 cm³/mol. The van der Waals surface area contributed by atoms with Crippen molar-refractivity contribution in [3.05, 3.63) is 6.07 Å². The zero-order valence-electron chi connectivity index (χ0n) is 26.9. The van der Waals surface area contributed by atoms with Crippen molar-refractivity contribution in [3.63, 3.8) is 0 Å². The van der Waals surface area contributed by atoms with E-state index >= 15 is 0 Å². The average molecular weight is 635 g/mol. The van der Waals surface area contributed by atoms with Crippen molar-refractivity contribution in [2.75, 3.05) is 74.5 Å². The summed E-state index contributed by atoms with van der Waals surface area (Å²) in [5.74, 6) is 3.41. The van der Waals surface area contributed by atoms with Gasteiger partial charge in [-0.2, -0.15) is 9.97 Å². The summed E-state index contributed by atoms with van der Waals surface area (Å²) in [6.07, 6.45) is 18.3. The van der Waals surface area contributed by atoms with Gasteiger partial charge in [0.25, 0.3) is 0 Å². The fraction of sp³-hybridized carbons (Fsp3) is 0.875. The molecular formula is C32H59N8O3P. The van der Waals surface area contributed by atoms with Crippen LogP contribution in [0, 0.1) is 11.8 Å². The Morgan fingerprint density at radius 2 is 1.64 bits per heavy atom. The molecule has 4 aliphatic rings. The molecule has 0 bridgehead atoms. The van der Waals surface area contributed by atoms with E-state index in [0.29, 0.717) is 24.1 Å². The zero-order valence-corrected chi connectivity index (χ0v) is 27.8. The molecular weight excluding hydrogens is 575 g/mol. The number of nitrogen functional groups attached to an aromatic ring is 1. The first-order chi connectivity index (χ1) is 21.3. The fourth-order valence-corrected chi connectivity index (χ4v) is 8.79. The minimum absolute atomic E-state index is 0.0414. The third-order valence-electron chi connectivity index (χ3n) is 10.8. The van der Waals surface area contributed by atoms with E-state index in [-0.39, 0.29) is 11.7 Å². The predicted octanol–water partition coefficient (Wildman–Crippen LogP) is 4.18. The zero-order chi connectivity index (χ0) is 30.8. The first-order valence-electron chi connectivity index (χ1n) is 17.7. The molecule has 0 amide bonds. The Kier molecular flexibility index (Phi) is 12.6. The highest BCUT2D eigenvalue weighted by molar-refractivity contribution is 7.51. The highest BCUT2D eigenvalue weighted by Crippen LogP contribution is 2.41. The number of anilines is 3. The maximum absolute atomic E-state index is 11.4. The molecule has 0 atom stereocenters.